The van der Waals surface area contributed by atoms with E-state index in [0.29, 0.717) is 29.5 Å². The van der Waals surface area contributed by atoms with Crippen molar-refractivity contribution in [2.45, 2.75) is 13.8 Å². The van der Waals surface area contributed by atoms with Crippen LogP contribution in [0.1, 0.15) is 23.2 Å². The molecular weight excluding hydrogens is 320 g/mol. The van der Waals surface area contributed by atoms with Crippen molar-refractivity contribution < 1.29 is 18.7 Å². The number of carbonyl (C=O) groups excluding carboxylic acids is 1. The van der Waals surface area contributed by atoms with Crippen LogP contribution in [0.2, 0.25) is 0 Å². The van der Waals surface area contributed by atoms with Gasteiger partial charge >= 0.3 is 0 Å². The fourth-order valence-corrected chi connectivity index (χ4v) is 2.26. The largest absolute Gasteiger partial charge is 0.494 e. The maximum Gasteiger partial charge on any atom is 0.293 e. The molecule has 0 aliphatic rings. The highest BCUT2D eigenvalue weighted by molar-refractivity contribution is 6.03. The zero-order chi connectivity index (χ0) is 17.6. The molecular formula is C19H18N2O4. The van der Waals surface area contributed by atoms with Crippen LogP contribution in [0.4, 0.5) is 5.69 Å². The van der Waals surface area contributed by atoms with Crippen molar-refractivity contribution in [2.24, 2.45) is 0 Å². The molecule has 128 valence electrons. The van der Waals surface area contributed by atoms with Gasteiger partial charge in [0.05, 0.1) is 18.0 Å². The topological polar surface area (TPSA) is 73.6 Å². The molecule has 0 fully saturated rings. The average Bonchev–Trinajstić information content (AvgIpc) is 3.05. The van der Waals surface area contributed by atoms with Crippen LogP contribution in [0.15, 0.2) is 59.3 Å². The first-order valence-electron chi connectivity index (χ1n) is 7.88. The van der Waals surface area contributed by atoms with Crippen molar-refractivity contribution in [1.82, 2.24) is 4.98 Å². The first-order valence-corrected chi connectivity index (χ1v) is 7.88. The molecule has 1 N–H and O–H groups in total. The number of nitrogens with zero attached hydrogens (tertiary/aromatic N) is 1. The Labute approximate surface area is 145 Å². The van der Waals surface area contributed by atoms with Crippen LogP contribution in [0.5, 0.6) is 17.2 Å². The van der Waals surface area contributed by atoms with E-state index >= 15 is 0 Å². The third-order valence-corrected chi connectivity index (χ3v) is 3.45. The van der Waals surface area contributed by atoms with Crippen molar-refractivity contribution in [1.29, 1.82) is 0 Å². The second-order valence-corrected chi connectivity index (χ2v) is 5.22. The summed E-state index contributed by atoms with van der Waals surface area (Å²) in [5, 5.41) is 2.78. The minimum absolute atomic E-state index is 0.177. The van der Waals surface area contributed by atoms with Gasteiger partial charge in [0.1, 0.15) is 11.5 Å². The Morgan fingerprint density at radius 2 is 1.84 bits per heavy atom. The van der Waals surface area contributed by atoms with Crippen molar-refractivity contribution >= 4 is 11.6 Å². The van der Waals surface area contributed by atoms with E-state index in [4.69, 9.17) is 13.9 Å². The summed E-state index contributed by atoms with van der Waals surface area (Å²) >= 11 is 0. The van der Waals surface area contributed by atoms with Gasteiger partial charge in [-0.2, -0.15) is 0 Å². The summed E-state index contributed by atoms with van der Waals surface area (Å²) in [5.74, 6) is 1.74. The monoisotopic (exact) mass is 338 g/mol. The summed E-state index contributed by atoms with van der Waals surface area (Å²) < 4.78 is 16.4. The Balaban J connectivity index is 1.76. The Hall–Kier alpha value is -3.28. The van der Waals surface area contributed by atoms with Gasteiger partial charge in [-0.15, -0.1) is 0 Å². The highest BCUT2D eigenvalue weighted by atomic mass is 16.5. The molecule has 2 aromatic carbocycles. The summed E-state index contributed by atoms with van der Waals surface area (Å²) in [6.07, 6.45) is 1.24. The normalized spacial score (nSPS) is 10.3. The average molecular weight is 338 g/mol. The first-order chi connectivity index (χ1) is 12.2. The summed E-state index contributed by atoms with van der Waals surface area (Å²) in [7, 11) is 0. The van der Waals surface area contributed by atoms with E-state index in [-0.39, 0.29) is 11.7 Å². The second-order valence-electron chi connectivity index (χ2n) is 5.22. The summed E-state index contributed by atoms with van der Waals surface area (Å²) in [4.78, 5) is 16.2. The van der Waals surface area contributed by atoms with E-state index in [1.54, 1.807) is 19.1 Å². The third kappa shape index (κ3) is 3.98. The van der Waals surface area contributed by atoms with Crippen LogP contribution in [0.3, 0.4) is 0 Å². The lowest BCUT2D eigenvalue weighted by Crippen LogP contribution is -2.12. The fourth-order valence-electron chi connectivity index (χ4n) is 2.26. The number of carbonyl (C=O) groups is 1. The Bertz CT molecular complexity index is 856. The van der Waals surface area contributed by atoms with Gasteiger partial charge in [-0.25, -0.2) is 4.98 Å². The maximum atomic E-state index is 12.3. The van der Waals surface area contributed by atoms with Crippen molar-refractivity contribution in [3.63, 3.8) is 0 Å². The molecule has 0 bridgehead atoms. The second kappa shape index (κ2) is 7.53. The van der Waals surface area contributed by atoms with Gasteiger partial charge in [0.15, 0.2) is 12.1 Å². The number of aryl methyl sites for hydroxylation is 1. The molecule has 6 heteroatoms. The molecule has 3 aromatic rings. The van der Waals surface area contributed by atoms with E-state index in [1.165, 1.54) is 6.39 Å². The number of hydrogen-bond acceptors (Lipinski definition) is 5. The first kappa shape index (κ1) is 16.6. The Morgan fingerprint density at radius 1 is 1.12 bits per heavy atom. The predicted molar refractivity (Wildman–Crippen MR) is 93.3 cm³/mol. The molecule has 3 rings (SSSR count). The highest BCUT2D eigenvalue weighted by Crippen LogP contribution is 2.30. The van der Waals surface area contributed by atoms with E-state index in [0.717, 1.165) is 5.75 Å². The maximum absolute atomic E-state index is 12.3. The number of para-hydroxylation sites is 2. The van der Waals surface area contributed by atoms with E-state index in [9.17, 15) is 4.79 Å². The number of anilines is 1. The van der Waals surface area contributed by atoms with E-state index < -0.39 is 0 Å². The highest BCUT2D eigenvalue weighted by Gasteiger charge is 2.16. The molecule has 0 atom stereocenters. The predicted octanol–water partition coefficient (Wildman–Crippen LogP) is 4.43. The number of ether oxygens (including phenoxy) is 2. The van der Waals surface area contributed by atoms with E-state index in [1.807, 2.05) is 43.3 Å². The van der Waals surface area contributed by atoms with Crippen LogP contribution in [0.25, 0.3) is 0 Å². The molecule has 25 heavy (non-hydrogen) atoms. The lowest BCUT2D eigenvalue weighted by atomic mass is 10.2. The fraction of sp³-hybridized carbons (Fsp3) is 0.158. The number of benzene rings is 2. The van der Waals surface area contributed by atoms with Crippen LogP contribution in [0, 0.1) is 6.92 Å². The molecule has 0 aliphatic carbocycles. The van der Waals surface area contributed by atoms with Gasteiger partial charge in [0.2, 0.25) is 5.76 Å². The number of oxazole rings is 1. The summed E-state index contributed by atoms with van der Waals surface area (Å²) in [6.45, 7) is 4.25. The molecule has 0 saturated heterocycles. The minimum atomic E-state index is -0.377. The SMILES string of the molecule is CCOc1ccc(Oc2ccccc2NC(=O)c2ocnc2C)cc1. The van der Waals surface area contributed by atoms with Crippen LogP contribution in [-0.2, 0) is 0 Å². The van der Waals surface area contributed by atoms with Gasteiger partial charge in [-0.1, -0.05) is 12.1 Å². The number of amides is 1. The van der Waals surface area contributed by atoms with Gasteiger partial charge in [-0.3, -0.25) is 4.79 Å². The van der Waals surface area contributed by atoms with Gasteiger partial charge < -0.3 is 19.2 Å². The van der Waals surface area contributed by atoms with Crippen molar-refractivity contribution in [2.75, 3.05) is 11.9 Å². The molecule has 1 heterocycles. The minimum Gasteiger partial charge on any atom is -0.494 e. The quantitative estimate of drug-likeness (QED) is 0.720. The number of nitrogens with one attached hydrogen (secondary N) is 1. The third-order valence-electron chi connectivity index (χ3n) is 3.45. The molecule has 6 nitrogen and oxygen atoms in total. The lowest BCUT2D eigenvalue weighted by molar-refractivity contribution is 0.0995. The van der Waals surface area contributed by atoms with Gasteiger partial charge in [-0.05, 0) is 50.2 Å². The number of hydrogen-bond donors (Lipinski definition) is 1. The molecule has 0 aliphatic heterocycles. The smallest absolute Gasteiger partial charge is 0.293 e. The number of rotatable bonds is 6. The summed E-state index contributed by atoms with van der Waals surface area (Å²) in [5.41, 5.74) is 1.07. The lowest BCUT2D eigenvalue weighted by Gasteiger charge is -2.12. The van der Waals surface area contributed by atoms with Crippen LogP contribution < -0.4 is 14.8 Å². The summed E-state index contributed by atoms with van der Waals surface area (Å²) in [6, 6.07) is 14.5. The van der Waals surface area contributed by atoms with Crippen LogP contribution in [-0.4, -0.2) is 17.5 Å². The molecule has 0 radical (unpaired) electrons. The molecule has 1 aromatic heterocycles. The number of aromatic nitrogens is 1. The zero-order valence-corrected chi connectivity index (χ0v) is 14.0. The molecule has 0 saturated carbocycles. The molecule has 0 unspecified atom stereocenters. The Kier molecular flexibility index (Phi) is 4.99. The molecule has 0 spiro atoms. The van der Waals surface area contributed by atoms with Gasteiger partial charge in [0.25, 0.3) is 5.91 Å². The van der Waals surface area contributed by atoms with Crippen molar-refractivity contribution in [3.8, 4) is 17.2 Å². The Morgan fingerprint density at radius 3 is 2.52 bits per heavy atom. The van der Waals surface area contributed by atoms with Crippen molar-refractivity contribution in [3.05, 3.63) is 66.4 Å². The van der Waals surface area contributed by atoms with Gasteiger partial charge in [0, 0.05) is 0 Å². The van der Waals surface area contributed by atoms with Crippen LogP contribution >= 0.6 is 0 Å². The molecule has 1 amide bonds. The standard InChI is InChI=1S/C19H18N2O4/c1-3-23-14-8-10-15(11-9-14)25-17-7-5-4-6-16(17)21-19(22)18-13(2)20-12-24-18/h4-12H,3H2,1-2H3,(H,21,22). The van der Waals surface area contributed by atoms with E-state index in [2.05, 4.69) is 10.3 Å². The zero-order valence-electron chi connectivity index (χ0n) is 14.0.